The highest BCUT2D eigenvalue weighted by Crippen LogP contribution is 2.25. The molecule has 10 heteroatoms. The zero-order chi connectivity index (χ0) is 23.8. The summed E-state index contributed by atoms with van der Waals surface area (Å²) in [5, 5.41) is 13.5. The number of ketones is 1. The minimum absolute atomic E-state index is 0.153. The van der Waals surface area contributed by atoms with Gasteiger partial charge < -0.3 is 10.2 Å². The molecule has 2 N–H and O–H groups in total. The molecule has 0 fully saturated rings. The Labute approximate surface area is 194 Å². The molecule has 3 aromatic heterocycles. The maximum Gasteiger partial charge on any atom is 0.211 e. The zero-order valence-corrected chi connectivity index (χ0v) is 18.7. The Morgan fingerprint density at radius 1 is 1.12 bits per heavy atom. The minimum Gasteiger partial charge on any atom is -0.440 e. The summed E-state index contributed by atoms with van der Waals surface area (Å²) in [5.41, 5.74) is 9.84. The molecule has 0 radical (unpaired) electrons. The van der Waals surface area contributed by atoms with E-state index >= 15 is 0 Å². The van der Waals surface area contributed by atoms with E-state index in [4.69, 9.17) is 9.72 Å². The van der Waals surface area contributed by atoms with Crippen LogP contribution in [-0.4, -0.2) is 30.1 Å². The number of ether oxygens (including phenoxy) is 1. The average Bonchev–Trinajstić information content (AvgIpc) is 3.43. The maximum atomic E-state index is 12.3. The number of benzene rings is 1. The van der Waals surface area contributed by atoms with Gasteiger partial charge in [-0.15, -0.1) is 0 Å². The second kappa shape index (κ2) is 8.22. The molecule has 0 unspecified atom stereocenters. The number of hydrogen-bond acceptors (Lipinski definition) is 8. The molecule has 34 heavy (non-hydrogen) atoms. The minimum atomic E-state index is -0.153. The number of rotatable bonds is 5. The number of aromatic nitrogens is 5. The third-order valence-corrected chi connectivity index (χ3v) is 5.30. The van der Waals surface area contributed by atoms with Crippen LogP contribution < -0.4 is 15.6 Å². The van der Waals surface area contributed by atoms with Gasteiger partial charge in [0.15, 0.2) is 17.3 Å². The highest BCUT2D eigenvalue weighted by atomic mass is 16.5. The Kier molecular flexibility index (Phi) is 5.07. The van der Waals surface area contributed by atoms with Crippen LogP contribution in [0.5, 0.6) is 5.75 Å². The molecule has 1 aliphatic rings. The van der Waals surface area contributed by atoms with Gasteiger partial charge in [-0.2, -0.15) is 10.4 Å². The van der Waals surface area contributed by atoms with Crippen LogP contribution in [0.4, 0.5) is 0 Å². The number of imidazole rings is 1. The van der Waals surface area contributed by atoms with Gasteiger partial charge in [-0.25, -0.2) is 14.6 Å². The molecule has 0 saturated carbocycles. The van der Waals surface area contributed by atoms with E-state index in [1.54, 1.807) is 24.5 Å². The number of fused-ring (bicyclic) bond motifs is 1. The highest BCUT2D eigenvalue weighted by Gasteiger charge is 2.17. The summed E-state index contributed by atoms with van der Waals surface area (Å²) in [7, 11) is 0. The van der Waals surface area contributed by atoms with Crippen LogP contribution in [0.1, 0.15) is 35.6 Å². The molecule has 168 valence electrons. The summed E-state index contributed by atoms with van der Waals surface area (Å²) in [5.74, 6) is 1.92. The van der Waals surface area contributed by atoms with E-state index < -0.39 is 0 Å². The van der Waals surface area contributed by atoms with Crippen LogP contribution in [-0.2, 0) is 0 Å². The lowest BCUT2D eigenvalue weighted by molar-refractivity contribution is 0.101. The van der Waals surface area contributed by atoms with Crippen molar-refractivity contribution in [2.75, 3.05) is 0 Å². The van der Waals surface area contributed by atoms with Crippen molar-refractivity contribution in [1.29, 1.82) is 5.26 Å². The first-order valence-electron chi connectivity index (χ1n) is 10.5. The van der Waals surface area contributed by atoms with Gasteiger partial charge in [-0.05, 0) is 57.2 Å². The Balaban J connectivity index is 1.59. The van der Waals surface area contributed by atoms with E-state index in [0.717, 1.165) is 16.7 Å². The van der Waals surface area contributed by atoms with Crippen LogP contribution in [0.25, 0.3) is 22.7 Å². The lowest BCUT2D eigenvalue weighted by Crippen LogP contribution is -2.33. The van der Waals surface area contributed by atoms with Crippen molar-refractivity contribution in [3.05, 3.63) is 83.4 Å². The number of pyridine rings is 1. The number of carbonyl (C=O) groups excluding carboxylic acids is 1. The third-order valence-electron chi connectivity index (χ3n) is 5.30. The fourth-order valence-corrected chi connectivity index (χ4v) is 3.62. The first-order chi connectivity index (χ1) is 16.4. The van der Waals surface area contributed by atoms with Gasteiger partial charge in [0.25, 0.3) is 0 Å². The van der Waals surface area contributed by atoms with Crippen LogP contribution in [0.2, 0.25) is 0 Å². The van der Waals surface area contributed by atoms with Gasteiger partial charge in [0.05, 0.1) is 16.6 Å². The molecule has 4 aromatic rings. The van der Waals surface area contributed by atoms with E-state index in [1.807, 2.05) is 54.8 Å². The van der Waals surface area contributed by atoms with E-state index in [9.17, 15) is 10.1 Å². The van der Waals surface area contributed by atoms with Crippen molar-refractivity contribution in [3.8, 4) is 23.5 Å². The molecule has 0 spiro atoms. The third kappa shape index (κ3) is 3.75. The summed E-state index contributed by atoms with van der Waals surface area (Å²) in [6, 6.07) is 12.7. The molecule has 0 amide bonds. The molecule has 5 rings (SSSR count). The lowest BCUT2D eigenvalue weighted by atomic mass is 10.2. The summed E-state index contributed by atoms with van der Waals surface area (Å²) < 4.78 is 9.26. The van der Waals surface area contributed by atoms with Crippen molar-refractivity contribution < 1.29 is 9.53 Å². The summed E-state index contributed by atoms with van der Waals surface area (Å²) in [6.45, 7) is 5.22. The molecular weight excluding hydrogens is 432 g/mol. The van der Waals surface area contributed by atoms with Crippen LogP contribution in [0, 0.1) is 18.3 Å². The van der Waals surface area contributed by atoms with Gasteiger partial charge in [0.2, 0.25) is 5.88 Å². The topological polar surface area (TPSA) is 123 Å². The molecule has 0 atom stereocenters. The van der Waals surface area contributed by atoms with Crippen molar-refractivity contribution in [1.82, 2.24) is 35.2 Å². The molecule has 4 heterocycles. The summed E-state index contributed by atoms with van der Waals surface area (Å²) >= 11 is 0. The standard InChI is InChI=1S/C24H20N8O2/c1-14-4-9-23(29-28-14)34-18-5-7-20-21(11-18)31(13-26-20)22-8-6-19(16(3)33)24(27-22)32-15(2)10-17(12-25)30-32/h4-11,13,28-29H,1-3H3. The number of Topliss-reactive ketones (excluding diaryl/α,β-unsaturated/α-hetero) is 1. The number of carbonyl (C=O) groups is 1. The number of nitrogens with zero attached hydrogens (tertiary/aromatic N) is 6. The van der Waals surface area contributed by atoms with Crippen molar-refractivity contribution in [2.24, 2.45) is 0 Å². The predicted octanol–water partition coefficient (Wildman–Crippen LogP) is 3.22. The first-order valence-corrected chi connectivity index (χ1v) is 10.5. The second-order valence-corrected chi connectivity index (χ2v) is 7.79. The molecule has 10 nitrogen and oxygen atoms in total. The monoisotopic (exact) mass is 452 g/mol. The van der Waals surface area contributed by atoms with E-state index in [1.165, 1.54) is 11.6 Å². The summed E-state index contributed by atoms with van der Waals surface area (Å²) in [6.07, 6.45) is 5.41. The lowest BCUT2D eigenvalue weighted by Gasteiger charge is -2.17. The number of nitrogens with one attached hydrogen (secondary N) is 2. The zero-order valence-electron chi connectivity index (χ0n) is 18.7. The average molecular weight is 452 g/mol. The van der Waals surface area contributed by atoms with E-state index in [0.29, 0.717) is 34.5 Å². The van der Waals surface area contributed by atoms with Crippen LogP contribution >= 0.6 is 0 Å². The molecular formula is C24H20N8O2. The Hall–Kier alpha value is -4.91. The molecule has 1 aromatic carbocycles. The fourth-order valence-electron chi connectivity index (χ4n) is 3.62. The van der Waals surface area contributed by atoms with Gasteiger partial charge >= 0.3 is 0 Å². The van der Waals surface area contributed by atoms with E-state index in [-0.39, 0.29) is 11.5 Å². The maximum absolute atomic E-state index is 12.3. The number of allylic oxidation sites excluding steroid dienone is 3. The van der Waals surface area contributed by atoms with Crippen molar-refractivity contribution in [3.63, 3.8) is 0 Å². The van der Waals surface area contributed by atoms with Crippen molar-refractivity contribution >= 4 is 16.8 Å². The van der Waals surface area contributed by atoms with Gasteiger partial charge in [0.1, 0.15) is 24.0 Å². The van der Waals surface area contributed by atoms with Gasteiger partial charge in [0, 0.05) is 23.5 Å². The smallest absolute Gasteiger partial charge is 0.211 e. The number of aryl methyl sites for hydroxylation is 1. The molecule has 0 aliphatic carbocycles. The molecule has 0 bridgehead atoms. The Bertz CT molecular complexity index is 1550. The SMILES string of the molecule is CC(=O)c1ccc(-n2cnc3ccc(OC4=CC=C(C)NN4)cc32)nc1-n1nc(C#N)cc1C. The quantitative estimate of drug-likeness (QED) is 0.443. The second-order valence-electron chi connectivity index (χ2n) is 7.79. The number of nitriles is 1. The Morgan fingerprint density at radius 3 is 2.68 bits per heavy atom. The largest absolute Gasteiger partial charge is 0.440 e. The normalized spacial score (nSPS) is 12.9. The highest BCUT2D eigenvalue weighted by molar-refractivity contribution is 5.97. The summed E-state index contributed by atoms with van der Waals surface area (Å²) in [4.78, 5) is 21.5. The van der Waals surface area contributed by atoms with Crippen LogP contribution in [0.15, 0.2) is 66.5 Å². The Morgan fingerprint density at radius 2 is 1.97 bits per heavy atom. The van der Waals surface area contributed by atoms with Crippen LogP contribution in [0.3, 0.4) is 0 Å². The van der Waals surface area contributed by atoms with Gasteiger partial charge in [-0.3, -0.25) is 14.8 Å². The molecule has 0 saturated heterocycles. The molecule has 1 aliphatic heterocycles. The van der Waals surface area contributed by atoms with Gasteiger partial charge in [-0.1, -0.05) is 0 Å². The van der Waals surface area contributed by atoms with Crippen molar-refractivity contribution in [2.45, 2.75) is 20.8 Å². The van der Waals surface area contributed by atoms with E-state index in [2.05, 4.69) is 20.9 Å². The predicted molar refractivity (Wildman–Crippen MR) is 124 cm³/mol. The number of hydrazine groups is 1. The number of hydrogen-bond donors (Lipinski definition) is 2. The first kappa shape index (κ1) is 21.0. The fraction of sp³-hybridized carbons (Fsp3) is 0.125.